The van der Waals surface area contributed by atoms with Crippen LogP contribution in [-0.2, 0) is 30.3 Å². The van der Waals surface area contributed by atoms with Crippen LogP contribution in [0.15, 0.2) is 104 Å². The van der Waals surface area contributed by atoms with Crippen molar-refractivity contribution >= 4 is 34.8 Å². The second kappa shape index (κ2) is 20.1. The predicted octanol–water partition coefficient (Wildman–Crippen LogP) is 8.20. The third kappa shape index (κ3) is 10.3. The molecule has 0 radical (unpaired) electrons. The molecule has 4 N–H and O–H groups in total. The average molecular weight is 897 g/mol. The molecule has 66 heavy (non-hydrogen) atoms. The summed E-state index contributed by atoms with van der Waals surface area (Å²) in [5, 5.41) is 7.54. The summed E-state index contributed by atoms with van der Waals surface area (Å²) in [5.41, 5.74) is 8.92. The number of aromatic amines is 2. The number of methoxy groups -OCH3 is 3. The lowest BCUT2D eigenvalue weighted by molar-refractivity contribution is -0.136. The first-order valence-electron chi connectivity index (χ1n) is 22.3. The van der Waals surface area contributed by atoms with Crippen LogP contribution in [-0.4, -0.2) is 107 Å². The van der Waals surface area contributed by atoms with Gasteiger partial charge in [-0.15, -0.1) is 5.73 Å². The van der Waals surface area contributed by atoms with E-state index in [1.807, 2.05) is 64.4 Å². The minimum absolute atomic E-state index is 0.108. The van der Waals surface area contributed by atoms with Crippen molar-refractivity contribution in [3.05, 3.63) is 115 Å². The van der Waals surface area contributed by atoms with Gasteiger partial charge in [0.05, 0.1) is 38.8 Å². The van der Waals surface area contributed by atoms with Crippen molar-refractivity contribution in [1.82, 2.24) is 40.4 Å². The number of aromatic nitrogens is 4. The van der Waals surface area contributed by atoms with Crippen LogP contribution in [0.25, 0.3) is 44.4 Å². The lowest BCUT2D eigenvalue weighted by Crippen LogP contribution is -2.52. The van der Waals surface area contributed by atoms with E-state index < -0.39 is 30.3 Å². The van der Waals surface area contributed by atoms with Gasteiger partial charge < -0.3 is 44.6 Å². The summed E-state index contributed by atoms with van der Waals surface area (Å²) in [6.07, 6.45) is 6.15. The van der Waals surface area contributed by atoms with Gasteiger partial charge in [-0.25, -0.2) is 19.6 Å². The number of fused-ring (bicyclic) bond motifs is 1. The van der Waals surface area contributed by atoms with E-state index in [-0.39, 0.29) is 41.5 Å². The highest BCUT2D eigenvalue weighted by Crippen LogP contribution is 2.48. The first-order chi connectivity index (χ1) is 31.7. The Hall–Kier alpha value is -6.96. The molecule has 15 nitrogen and oxygen atoms in total. The molecule has 346 valence electrons. The highest BCUT2D eigenvalue weighted by Gasteiger charge is 2.45. The van der Waals surface area contributed by atoms with Crippen LogP contribution < -0.4 is 10.6 Å². The molecule has 5 aromatic rings. The lowest BCUT2D eigenvalue weighted by atomic mass is 9.98. The molecule has 4 amide bonds. The highest BCUT2D eigenvalue weighted by atomic mass is 16.5. The molecule has 7 rings (SSSR count). The molecule has 2 aromatic heterocycles. The Morgan fingerprint density at radius 3 is 2.02 bits per heavy atom. The molecule has 0 bridgehead atoms. The van der Waals surface area contributed by atoms with E-state index in [1.54, 1.807) is 16.9 Å². The zero-order valence-corrected chi connectivity index (χ0v) is 38.8. The summed E-state index contributed by atoms with van der Waals surface area (Å²) in [6, 6.07) is 18.7. The molecular formula is C51H60N8O7. The summed E-state index contributed by atoms with van der Waals surface area (Å²) in [4.78, 5) is 72.3. The van der Waals surface area contributed by atoms with Gasteiger partial charge in [-0.2, -0.15) is 0 Å². The molecule has 2 aliphatic rings. The van der Waals surface area contributed by atoms with Crippen molar-refractivity contribution < 1.29 is 33.4 Å². The molecule has 1 saturated heterocycles. The molecule has 3 heterocycles. The van der Waals surface area contributed by atoms with Gasteiger partial charge in [0.15, 0.2) is 0 Å². The van der Waals surface area contributed by atoms with Gasteiger partial charge in [-0.05, 0) is 70.4 Å². The van der Waals surface area contributed by atoms with Crippen molar-refractivity contribution in [3.63, 3.8) is 0 Å². The number of hydrogen-bond donors (Lipinski definition) is 4. The van der Waals surface area contributed by atoms with Crippen molar-refractivity contribution in [2.45, 2.75) is 65.2 Å². The third-order valence-corrected chi connectivity index (χ3v) is 12.6. The Labute approximate surface area is 385 Å². The number of nitrogens with zero attached hydrogens (tertiary/aromatic N) is 4. The molecule has 1 aliphatic heterocycles. The van der Waals surface area contributed by atoms with Gasteiger partial charge in [-0.3, -0.25) is 9.59 Å². The highest BCUT2D eigenvalue weighted by molar-refractivity contribution is 5.91. The first-order valence-corrected chi connectivity index (χ1v) is 22.3. The maximum absolute atomic E-state index is 14.0. The summed E-state index contributed by atoms with van der Waals surface area (Å²) in [5.74, 6) is 0.292. The molecule has 15 heteroatoms. The van der Waals surface area contributed by atoms with Crippen LogP contribution in [0.5, 0.6) is 0 Å². The Morgan fingerprint density at radius 2 is 1.41 bits per heavy atom. The summed E-state index contributed by atoms with van der Waals surface area (Å²) < 4.78 is 15.1. The normalized spacial score (nSPS) is 17.3. The molecule has 0 spiro atoms. The van der Waals surface area contributed by atoms with E-state index in [2.05, 4.69) is 82.0 Å². The third-order valence-electron chi connectivity index (χ3n) is 12.6. The van der Waals surface area contributed by atoms with Crippen molar-refractivity contribution in [1.29, 1.82) is 0 Å². The Morgan fingerprint density at radius 1 is 0.833 bits per heavy atom. The monoisotopic (exact) mass is 896 g/mol. The molecular weight excluding hydrogens is 837 g/mol. The Kier molecular flexibility index (Phi) is 14.3. The van der Waals surface area contributed by atoms with Crippen LogP contribution >= 0.6 is 0 Å². The quantitative estimate of drug-likeness (QED) is 0.0528. The van der Waals surface area contributed by atoms with Crippen LogP contribution in [0.4, 0.5) is 9.59 Å². The largest absolute Gasteiger partial charge is 0.453 e. The number of amides is 4. The van der Waals surface area contributed by atoms with E-state index in [0.29, 0.717) is 31.3 Å². The van der Waals surface area contributed by atoms with Gasteiger partial charge in [0.1, 0.15) is 29.8 Å². The van der Waals surface area contributed by atoms with Crippen molar-refractivity contribution in [2.75, 3.05) is 41.0 Å². The van der Waals surface area contributed by atoms with Gasteiger partial charge >= 0.3 is 12.2 Å². The van der Waals surface area contributed by atoms with Gasteiger partial charge in [0.2, 0.25) is 11.8 Å². The summed E-state index contributed by atoms with van der Waals surface area (Å²) >= 11 is 0. The molecule has 3 aromatic carbocycles. The summed E-state index contributed by atoms with van der Waals surface area (Å²) in [7, 11) is 4.18. The maximum Gasteiger partial charge on any atom is 0.407 e. The number of nitrogens with one attached hydrogen (secondary N) is 4. The second-order valence-electron chi connectivity index (χ2n) is 18.0. The number of hydrogen-bond acceptors (Lipinski definition) is 9. The average Bonchev–Trinajstić information content (AvgIpc) is 3.59. The zero-order valence-electron chi connectivity index (χ0n) is 38.8. The Balaban J connectivity index is 1.06. The topological polar surface area (TPSA) is 184 Å². The second-order valence-corrected chi connectivity index (χ2v) is 18.0. The number of benzene rings is 3. The maximum atomic E-state index is 14.0. The first kappa shape index (κ1) is 47.0. The number of alkyl carbamates (subject to hydrolysis) is 2. The van der Waals surface area contributed by atoms with Gasteiger partial charge in [-0.1, -0.05) is 89.4 Å². The molecule has 1 saturated carbocycles. The van der Waals surface area contributed by atoms with Gasteiger partial charge in [0.25, 0.3) is 0 Å². The van der Waals surface area contributed by atoms with E-state index in [1.165, 1.54) is 14.2 Å². The fourth-order valence-electron chi connectivity index (χ4n) is 8.69. The van der Waals surface area contributed by atoms with Crippen LogP contribution in [0.2, 0.25) is 0 Å². The number of imidazole rings is 2. The lowest BCUT2D eigenvalue weighted by Gasteiger charge is -2.31. The number of H-pyrrole nitrogens is 2. The molecule has 4 atom stereocenters. The van der Waals surface area contributed by atoms with Crippen LogP contribution in [0.1, 0.15) is 58.2 Å². The Bertz CT molecular complexity index is 2640. The van der Waals surface area contributed by atoms with E-state index in [4.69, 9.17) is 24.2 Å². The zero-order chi connectivity index (χ0) is 47.3. The van der Waals surface area contributed by atoms with E-state index in [0.717, 1.165) is 62.8 Å². The number of rotatable bonds is 17. The fraction of sp³-hybridized carbons (Fsp3) is 0.392. The summed E-state index contributed by atoms with van der Waals surface area (Å²) in [6.45, 7) is 17.1. The molecule has 2 fully saturated rings. The fourth-order valence-corrected chi connectivity index (χ4v) is 8.69. The van der Waals surface area contributed by atoms with Crippen LogP contribution in [0.3, 0.4) is 0 Å². The number of carbonyl (C=O) groups excluding carboxylic acids is 4. The molecule has 4 unspecified atom stereocenters. The SMILES string of the molecule is C=C=CC1(CN(Cc2nc(-c3ccc4cc(-c5ccc(-c6c[nH]c(C7C(=C)C(COC)CN7C(=O)C(NC(=O)OC)C(C)C)n6)cc5)ccc4c3)c[nH]2)C(=O)C(NC(=O)OC)C(C)C)CC1. The number of likely N-dealkylation sites (tertiary alicyclic amines) is 1. The number of carbonyl (C=O) groups is 4. The standard InChI is InChI=1S/C51H60N8O7/c1-10-19-51(20-21-51)29-58(47(60)43(30(2)3)56-49(62)65-8)27-42-52-24-41(54-42)38-18-17-36-22-35(15-16-37(36)23-38)33-11-13-34(14-12-33)40-25-53-46(55-40)45-32(6)39(28-64-7)26-59(45)48(61)44(31(4)5)57-50(63)66-9/h11-19,22-25,30-31,39,43-45H,1,6,20-21,26-29H2,2-5,7-9H3,(H,52,54)(H,53,55)(H,56,62)(H,57,63). The predicted molar refractivity (Wildman–Crippen MR) is 253 cm³/mol. The van der Waals surface area contributed by atoms with Crippen molar-refractivity contribution in [3.8, 4) is 33.6 Å². The van der Waals surface area contributed by atoms with Crippen LogP contribution in [0, 0.1) is 23.2 Å². The van der Waals surface area contributed by atoms with E-state index in [9.17, 15) is 19.2 Å². The minimum Gasteiger partial charge on any atom is -0.453 e. The number of ether oxygens (including phenoxy) is 3. The molecule has 1 aliphatic carbocycles. The van der Waals surface area contributed by atoms with E-state index >= 15 is 0 Å². The van der Waals surface area contributed by atoms with Crippen molar-refractivity contribution in [2.24, 2.45) is 23.2 Å². The van der Waals surface area contributed by atoms with Gasteiger partial charge in [0, 0.05) is 55.1 Å². The minimum atomic E-state index is -0.798. The smallest absolute Gasteiger partial charge is 0.407 e.